The smallest absolute Gasteiger partial charge is 0.221 e. The lowest BCUT2D eigenvalue weighted by molar-refractivity contribution is -0.114. The number of aromatic nitrogens is 2. The Bertz CT molecular complexity index is 1310. The molecule has 0 aliphatic rings. The molecule has 1 N–H and O–H groups in total. The molecule has 1 aromatic heterocycles. The molecule has 0 radical (unpaired) electrons. The molecule has 164 valence electrons. The van der Waals surface area contributed by atoms with Crippen molar-refractivity contribution < 1.29 is 14.3 Å². The molecule has 0 spiro atoms. The fourth-order valence-corrected chi connectivity index (χ4v) is 3.41. The Balaban J connectivity index is 1.68. The van der Waals surface area contributed by atoms with Crippen molar-refractivity contribution >= 4 is 23.5 Å². The standard InChI is InChI=1S/C27H23N3O3/c1-19(31)28-23-8-6-7-21(17-23)26(32)16-13-22-18-30(24-9-4-3-5-10-24)29-27(22)20-11-14-25(33-2)15-12-20/h3-18H,1-2H3,(H,28,31)/b16-13+. The number of hydrogen-bond acceptors (Lipinski definition) is 4. The SMILES string of the molecule is COc1ccc(-c2nn(-c3ccccc3)cc2/C=C/C(=O)c2cccc(NC(C)=O)c2)cc1. The molecule has 4 aromatic rings. The molecule has 33 heavy (non-hydrogen) atoms. The van der Waals surface area contributed by atoms with Gasteiger partial charge in [-0.1, -0.05) is 30.3 Å². The topological polar surface area (TPSA) is 73.2 Å². The van der Waals surface area contributed by atoms with Crippen molar-refractivity contribution in [3.8, 4) is 22.7 Å². The largest absolute Gasteiger partial charge is 0.497 e. The third-order valence-corrected chi connectivity index (χ3v) is 5.01. The zero-order valence-electron chi connectivity index (χ0n) is 18.4. The number of para-hydroxylation sites is 1. The summed E-state index contributed by atoms with van der Waals surface area (Å²) in [6.45, 7) is 1.43. The molecule has 1 heterocycles. The van der Waals surface area contributed by atoms with Crippen molar-refractivity contribution in [2.75, 3.05) is 12.4 Å². The molecule has 6 nitrogen and oxygen atoms in total. The lowest BCUT2D eigenvalue weighted by Crippen LogP contribution is -2.06. The van der Waals surface area contributed by atoms with Crippen LogP contribution in [0.15, 0.2) is 91.1 Å². The molecule has 0 saturated heterocycles. The van der Waals surface area contributed by atoms with Crippen molar-refractivity contribution in [2.24, 2.45) is 0 Å². The van der Waals surface area contributed by atoms with Crippen LogP contribution in [0.25, 0.3) is 23.0 Å². The van der Waals surface area contributed by atoms with Gasteiger partial charge in [0, 0.05) is 35.5 Å². The fourth-order valence-electron chi connectivity index (χ4n) is 3.41. The van der Waals surface area contributed by atoms with Gasteiger partial charge in [0.1, 0.15) is 5.75 Å². The Morgan fingerprint density at radius 1 is 0.970 bits per heavy atom. The van der Waals surface area contributed by atoms with Crippen molar-refractivity contribution in [1.82, 2.24) is 9.78 Å². The van der Waals surface area contributed by atoms with Gasteiger partial charge in [-0.25, -0.2) is 4.68 Å². The number of allylic oxidation sites excluding steroid dienone is 1. The molecule has 1 amide bonds. The molecule has 0 atom stereocenters. The van der Waals surface area contributed by atoms with E-state index >= 15 is 0 Å². The minimum Gasteiger partial charge on any atom is -0.497 e. The van der Waals surface area contributed by atoms with E-state index in [4.69, 9.17) is 9.84 Å². The number of anilines is 1. The summed E-state index contributed by atoms with van der Waals surface area (Å²) in [6, 6.07) is 24.3. The van der Waals surface area contributed by atoms with E-state index in [-0.39, 0.29) is 11.7 Å². The quantitative estimate of drug-likeness (QED) is 0.310. The molecule has 6 heteroatoms. The molecule has 0 aliphatic heterocycles. The van der Waals surface area contributed by atoms with E-state index in [1.807, 2.05) is 60.8 Å². The molecular weight excluding hydrogens is 414 g/mol. The molecule has 0 saturated carbocycles. The number of benzene rings is 3. The summed E-state index contributed by atoms with van der Waals surface area (Å²) in [5, 5.41) is 7.47. The highest BCUT2D eigenvalue weighted by Gasteiger charge is 2.12. The van der Waals surface area contributed by atoms with Crippen LogP contribution in [0.5, 0.6) is 5.75 Å². The van der Waals surface area contributed by atoms with Gasteiger partial charge in [-0.05, 0) is 60.7 Å². The molecule has 4 rings (SSSR count). The van der Waals surface area contributed by atoms with E-state index in [1.54, 1.807) is 42.1 Å². The second-order valence-electron chi connectivity index (χ2n) is 7.40. The Kier molecular flexibility index (Phi) is 6.45. The first kappa shape index (κ1) is 21.8. The summed E-state index contributed by atoms with van der Waals surface area (Å²) in [7, 11) is 1.62. The van der Waals surface area contributed by atoms with Gasteiger partial charge in [0.25, 0.3) is 0 Å². The van der Waals surface area contributed by atoms with E-state index < -0.39 is 0 Å². The molecule has 0 unspecified atom stereocenters. The number of methoxy groups -OCH3 is 1. The zero-order valence-corrected chi connectivity index (χ0v) is 18.4. The van der Waals surface area contributed by atoms with Gasteiger partial charge in [-0.3, -0.25) is 9.59 Å². The van der Waals surface area contributed by atoms with Crippen LogP contribution in [0.4, 0.5) is 5.69 Å². The highest BCUT2D eigenvalue weighted by atomic mass is 16.5. The number of nitrogens with one attached hydrogen (secondary N) is 1. The number of rotatable bonds is 7. The van der Waals surface area contributed by atoms with Crippen LogP contribution in [0.3, 0.4) is 0 Å². The van der Waals surface area contributed by atoms with Crippen LogP contribution in [-0.4, -0.2) is 28.6 Å². The van der Waals surface area contributed by atoms with Crippen LogP contribution in [0.2, 0.25) is 0 Å². The summed E-state index contributed by atoms with van der Waals surface area (Å²) < 4.78 is 7.05. The number of ether oxygens (including phenoxy) is 1. The van der Waals surface area contributed by atoms with Gasteiger partial charge >= 0.3 is 0 Å². The maximum Gasteiger partial charge on any atom is 0.221 e. The number of amides is 1. The second-order valence-corrected chi connectivity index (χ2v) is 7.40. The Morgan fingerprint density at radius 2 is 1.73 bits per heavy atom. The van der Waals surface area contributed by atoms with Crippen LogP contribution < -0.4 is 10.1 Å². The monoisotopic (exact) mass is 437 g/mol. The van der Waals surface area contributed by atoms with E-state index in [0.29, 0.717) is 11.3 Å². The maximum atomic E-state index is 12.8. The average molecular weight is 437 g/mol. The normalized spacial score (nSPS) is 10.8. The van der Waals surface area contributed by atoms with Gasteiger partial charge in [0.2, 0.25) is 5.91 Å². The Hall–Kier alpha value is -4.45. The van der Waals surface area contributed by atoms with Gasteiger partial charge in [-0.15, -0.1) is 0 Å². The maximum absolute atomic E-state index is 12.8. The molecule has 0 bridgehead atoms. The summed E-state index contributed by atoms with van der Waals surface area (Å²) in [5.74, 6) is 0.399. The zero-order chi connectivity index (χ0) is 23.2. The van der Waals surface area contributed by atoms with E-state index in [1.165, 1.54) is 13.0 Å². The highest BCUT2D eigenvalue weighted by molar-refractivity contribution is 6.08. The minimum absolute atomic E-state index is 0.171. The fraction of sp³-hybridized carbons (Fsp3) is 0.0741. The first-order valence-corrected chi connectivity index (χ1v) is 10.4. The van der Waals surface area contributed by atoms with E-state index in [9.17, 15) is 9.59 Å². The lowest BCUT2D eigenvalue weighted by atomic mass is 10.1. The highest BCUT2D eigenvalue weighted by Crippen LogP contribution is 2.27. The Labute approximate surface area is 192 Å². The van der Waals surface area contributed by atoms with Crippen molar-refractivity contribution in [3.05, 3.63) is 102 Å². The number of hydrogen-bond donors (Lipinski definition) is 1. The summed E-state index contributed by atoms with van der Waals surface area (Å²) in [6.07, 6.45) is 5.18. The molecule has 3 aromatic carbocycles. The number of ketones is 1. The average Bonchev–Trinajstić information content (AvgIpc) is 3.27. The number of carbonyl (C=O) groups is 2. The summed E-state index contributed by atoms with van der Waals surface area (Å²) in [5.41, 5.74) is 4.44. The Morgan fingerprint density at radius 3 is 2.42 bits per heavy atom. The first-order valence-electron chi connectivity index (χ1n) is 10.4. The third-order valence-electron chi connectivity index (χ3n) is 5.01. The van der Waals surface area contributed by atoms with Gasteiger partial charge in [0.05, 0.1) is 18.5 Å². The van der Waals surface area contributed by atoms with Crippen LogP contribution in [0.1, 0.15) is 22.8 Å². The number of carbonyl (C=O) groups excluding carboxylic acids is 2. The van der Waals surface area contributed by atoms with Gasteiger partial charge < -0.3 is 10.1 Å². The van der Waals surface area contributed by atoms with Crippen LogP contribution in [0, 0.1) is 0 Å². The molecule has 0 aliphatic carbocycles. The van der Waals surface area contributed by atoms with Crippen LogP contribution in [-0.2, 0) is 4.79 Å². The third kappa shape index (κ3) is 5.25. The first-order chi connectivity index (χ1) is 16.0. The second kappa shape index (κ2) is 9.78. The predicted molar refractivity (Wildman–Crippen MR) is 130 cm³/mol. The summed E-state index contributed by atoms with van der Waals surface area (Å²) in [4.78, 5) is 24.1. The van der Waals surface area contributed by atoms with E-state index in [2.05, 4.69) is 5.32 Å². The minimum atomic E-state index is -0.187. The van der Waals surface area contributed by atoms with Crippen LogP contribution >= 0.6 is 0 Å². The van der Waals surface area contributed by atoms with E-state index in [0.717, 1.165) is 28.3 Å². The molecule has 0 fully saturated rings. The van der Waals surface area contributed by atoms with Gasteiger partial charge in [0.15, 0.2) is 5.78 Å². The van der Waals surface area contributed by atoms with Crippen molar-refractivity contribution in [3.63, 3.8) is 0 Å². The lowest BCUT2D eigenvalue weighted by Gasteiger charge is -2.03. The van der Waals surface area contributed by atoms with Gasteiger partial charge in [-0.2, -0.15) is 5.10 Å². The van der Waals surface area contributed by atoms with Crippen molar-refractivity contribution in [1.29, 1.82) is 0 Å². The predicted octanol–water partition coefficient (Wildman–Crippen LogP) is 5.40. The van der Waals surface area contributed by atoms with Crippen molar-refractivity contribution in [2.45, 2.75) is 6.92 Å². The molecular formula is C27H23N3O3. The summed E-state index contributed by atoms with van der Waals surface area (Å²) >= 11 is 0. The number of nitrogens with zero attached hydrogens (tertiary/aromatic N) is 2.